The number of methoxy groups -OCH3 is 1. The van der Waals surface area contributed by atoms with Gasteiger partial charge in [0.1, 0.15) is 28.8 Å². The molecule has 8 nitrogen and oxygen atoms in total. The summed E-state index contributed by atoms with van der Waals surface area (Å²) in [6.45, 7) is 7.95. The molecular weight excluding hydrogens is 466 g/mol. The molecule has 10 heteroatoms. The number of halogens is 2. The topological polar surface area (TPSA) is 75.5 Å². The van der Waals surface area contributed by atoms with Crippen LogP contribution in [0.1, 0.15) is 30.8 Å². The number of pyridine rings is 1. The van der Waals surface area contributed by atoms with E-state index in [1.165, 1.54) is 30.0 Å². The van der Waals surface area contributed by atoms with E-state index in [4.69, 9.17) is 4.74 Å². The van der Waals surface area contributed by atoms with Crippen LogP contribution in [-0.2, 0) is 13.0 Å². The number of hydrogen-bond donors (Lipinski definition) is 1. The van der Waals surface area contributed by atoms with Gasteiger partial charge in [0.2, 0.25) is 0 Å². The van der Waals surface area contributed by atoms with E-state index in [-0.39, 0.29) is 24.3 Å². The van der Waals surface area contributed by atoms with Crippen molar-refractivity contribution >= 4 is 11.5 Å². The van der Waals surface area contributed by atoms with Crippen molar-refractivity contribution in [3.63, 3.8) is 0 Å². The van der Waals surface area contributed by atoms with Crippen LogP contribution in [0.5, 0.6) is 5.75 Å². The zero-order valence-electron chi connectivity index (χ0n) is 20.9. The summed E-state index contributed by atoms with van der Waals surface area (Å²) < 4.78 is 36.9. The maximum Gasteiger partial charge on any atom is 0.354 e. The Bertz CT molecular complexity index is 1340. The Morgan fingerprint density at radius 2 is 1.92 bits per heavy atom. The summed E-state index contributed by atoms with van der Waals surface area (Å²) in [5.41, 5.74) is 1.62. The smallest absolute Gasteiger partial charge is 0.354 e. The molecule has 36 heavy (non-hydrogen) atoms. The molecule has 2 aromatic heterocycles. The van der Waals surface area contributed by atoms with Crippen molar-refractivity contribution in [1.82, 2.24) is 19.9 Å². The SMILES string of the molecule is COc1cccc(F)c1N1CCc2c(N3C[C@@H](C)NC[C@@H]3C)nc(=O)n(-c3c(F)ccnc3C)c2C1. The number of aryl methyl sites for hydroxylation is 1. The van der Waals surface area contributed by atoms with Crippen LogP contribution in [0, 0.1) is 18.6 Å². The molecule has 5 rings (SSSR count). The molecule has 1 aromatic carbocycles. The largest absolute Gasteiger partial charge is 0.494 e. The molecule has 190 valence electrons. The first kappa shape index (κ1) is 24.2. The Kier molecular flexibility index (Phi) is 6.38. The fraction of sp³-hybridized carbons (Fsp3) is 0.423. The van der Waals surface area contributed by atoms with Gasteiger partial charge in [0.15, 0.2) is 5.82 Å². The highest BCUT2D eigenvalue weighted by molar-refractivity contribution is 5.63. The molecule has 4 heterocycles. The van der Waals surface area contributed by atoms with E-state index in [9.17, 15) is 4.79 Å². The van der Waals surface area contributed by atoms with Crippen LogP contribution in [0.4, 0.5) is 20.3 Å². The monoisotopic (exact) mass is 496 g/mol. The van der Waals surface area contributed by atoms with Crippen molar-refractivity contribution < 1.29 is 13.5 Å². The quantitative estimate of drug-likeness (QED) is 0.595. The van der Waals surface area contributed by atoms with Crippen molar-refractivity contribution in [2.24, 2.45) is 0 Å². The van der Waals surface area contributed by atoms with Crippen LogP contribution >= 0.6 is 0 Å². The molecule has 2 aliphatic rings. The zero-order chi connectivity index (χ0) is 25.6. The summed E-state index contributed by atoms with van der Waals surface area (Å²) in [6.07, 6.45) is 1.87. The van der Waals surface area contributed by atoms with Gasteiger partial charge in [-0.05, 0) is 45.4 Å². The average Bonchev–Trinajstić information content (AvgIpc) is 2.86. The summed E-state index contributed by atoms with van der Waals surface area (Å²) in [5, 5.41) is 3.45. The number of anilines is 2. The van der Waals surface area contributed by atoms with E-state index in [0.29, 0.717) is 48.2 Å². The highest BCUT2D eigenvalue weighted by Crippen LogP contribution is 2.37. The van der Waals surface area contributed by atoms with Gasteiger partial charge >= 0.3 is 5.69 Å². The predicted octanol–water partition coefficient (Wildman–Crippen LogP) is 2.97. The van der Waals surface area contributed by atoms with Gasteiger partial charge in [-0.3, -0.25) is 9.55 Å². The van der Waals surface area contributed by atoms with Crippen LogP contribution in [0.2, 0.25) is 0 Å². The van der Waals surface area contributed by atoms with E-state index < -0.39 is 17.3 Å². The van der Waals surface area contributed by atoms with Crippen molar-refractivity contribution in [2.75, 3.05) is 36.5 Å². The fourth-order valence-corrected chi connectivity index (χ4v) is 5.26. The normalized spacial score (nSPS) is 19.8. The first-order chi connectivity index (χ1) is 17.3. The van der Waals surface area contributed by atoms with Crippen LogP contribution in [0.25, 0.3) is 5.69 Å². The maximum atomic E-state index is 15.1. The molecule has 0 saturated carbocycles. The minimum absolute atomic E-state index is 0.0712. The second-order valence-corrected chi connectivity index (χ2v) is 9.48. The lowest BCUT2D eigenvalue weighted by Crippen LogP contribution is -2.55. The first-order valence-corrected chi connectivity index (χ1v) is 12.1. The van der Waals surface area contributed by atoms with Crippen LogP contribution < -0.4 is 25.5 Å². The van der Waals surface area contributed by atoms with E-state index in [1.807, 2.05) is 4.90 Å². The van der Waals surface area contributed by atoms with E-state index in [0.717, 1.165) is 12.1 Å². The highest BCUT2D eigenvalue weighted by atomic mass is 19.1. The van der Waals surface area contributed by atoms with Gasteiger partial charge in [-0.25, -0.2) is 13.6 Å². The Hall–Kier alpha value is -3.53. The summed E-state index contributed by atoms with van der Waals surface area (Å²) in [5.74, 6) is 0.0319. The Labute approximate surface area is 208 Å². The van der Waals surface area contributed by atoms with E-state index >= 15 is 8.78 Å². The third-order valence-corrected chi connectivity index (χ3v) is 7.06. The molecular formula is C26H30F2N6O2. The second kappa shape index (κ2) is 9.50. The van der Waals surface area contributed by atoms with Gasteiger partial charge in [-0.1, -0.05) is 6.07 Å². The number of para-hydroxylation sites is 1. The Morgan fingerprint density at radius 3 is 2.67 bits per heavy atom. The Balaban J connectivity index is 1.72. The summed E-state index contributed by atoms with van der Waals surface area (Å²) in [6, 6.07) is 6.25. The summed E-state index contributed by atoms with van der Waals surface area (Å²) in [4.78, 5) is 26.3. The molecule has 3 aromatic rings. The lowest BCUT2D eigenvalue weighted by atomic mass is 10.0. The van der Waals surface area contributed by atoms with Crippen molar-refractivity contribution in [1.29, 1.82) is 0 Å². The number of ether oxygens (including phenoxy) is 1. The standard InChI is InChI=1S/C26H30F2N6O2/c1-15-13-33(16(2)12-30-15)25-18-9-11-32(24-19(27)6-5-7-22(24)36-4)14-21(18)34(26(35)31-25)23-17(3)29-10-8-20(23)28/h5-8,10,15-16,30H,9,11-14H2,1-4H3/t15-,16+/m1/s1. The number of benzene rings is 1. The van der Waals surface area contributed by atoms with Gasteiger partial charge in [0.25, 0.3) is 0 Å². The summed E-state index contributed by atoms with van der Waals surface area (Å²) in [7, 11) is 1.50. The van der Waals surface area contributed by atoms with Crippen LogP contribution in [-0.4, -0.2) is 53.4 Å². The number of piperazine rings is 1. The van der Waals surface area contributed by atoms with Gasteiger partial charge in [-0.2, -0.15) is 4.98 Å². The van der Waals surface area contributed by atoms with Crippen molar-refractivity contribution in [2.45, 2.75) is 45.8 Å². The van der Waals surface area contributed by atoms with Gasteiger partial charge in [-0.15, -0.1) is 0 Å². The molecule has 0 unspecified atom stereocenters. The Morgan fingerprint density at radius 1 is 1.14 bits per heavy atom. The number of aromatic nitrogens is 3. The molecule has 1 N–H and O–H groups in total. The molecule has 0 spiro atoms. The van der Waals surface area contributed by atoms with Crippen LogP contribution in [0.3, 0.4) is 0 Å². The van der Waals surface area contributed by atoms with Crippen molar-refractivity contribution in [3.8, 4) is 11.4 Å². The molecule has 2 aliphatic heterocycles. The molecule has 0 amide bonds. The van der Waals surface area contributed by atoms with E-state index in [1.54, 1.807) is 19.1 Å². The lowest BCUT2D eigenvalue weighted by Gasteiger charge is -2.41. The summed E-state index contributed by atoms with van der Waals surface area (Å²) >= 11 is 0. The highest BCUT2D eigenvalue weighted by Gasteiger charge is 2.33. The van der Waals surface area contributed by atoms with E-state index in [2.05, 4.69) is 34.0 Å². The van der Waals surface area contributed by atoms with Gasteiger partial charge in [0.05, 0.1) is 25.0 Å². The van der Waals surface area contributed by atoms with Gasteiger partial charge < -0.3 is 19.9 Å². The number of nitrogens with one attached hydrogen (secondary N) is 1. The van der Waals surface area contributed by atoms with Crippen LogP contribution in [0.15, 0.2) is 35.3 Å². The maximum absolute atomic E-state index is 15.1. The predicted molar refractivity (Wildman–Crippen MR) is 134 cm³/mol. The van der Waals surface area contributed by atoms with Gasteiger partial charge in [0, 0.05) is 43.5 Å². The van der Waals surface area contributed by atoms with Crippen molar-refractivity contribution in [3.05, 3.63) is 69.5 Å². The molecule has 1 saturated heterocycles. The lowest BCUT2D eigenvalue weighted by molar-refractivity contribution is 0.409. The fourth-order valence-electron chi connectivity index (χ4n) is 5.26. The molecule has 0 aliphatic carbocycles. The average molecular weight is 497 g/mol. The second-order valence-electron chi connectivity index (χ2n) is 9.48. The number of hydrogen-bond acceptors (Lipinski definition) is 7. The first-order valence-electron chi connectivity index (χ1n) is 12.1. The third kappa shape index (κ3) is 4.09. The minimum atomic E-state index is -0.584. The molecule has 0 radical (unpaired) electrons. The molecule has 2 atom stereocenters. The number of nitrogens with zero attached hydrogens (tertiary/aromatic N) is 5. The molecule has 1 fully saturated rings. The number of fused-ring (bicyclic) bond motifs is 1. The molecule has 0 bridgehead atoms. The zero-order valence-corrected chi connectivity index (χ0v) is 20.9. The number of rotatable bonds is 4. The third-order valence-electron chi connectivity index (χ3n) is 7.06. The minimum Gasteiger partial charge on any atom is -0.494 e.